The Labute approximate surface area is 143 Å². The van der Waals surface area contributed by atoms with Crippen molar-refractivity contribution in [3.63, 3.8) is 0 Å². The predicted molar refractivity (Wildman–Crippen MR) is 84.9 cm³/mol. The molecule has 1 N–H and O–H groups in total. The summed E-state index contributed by atoms with van der Waals surface area (Å²) in [6.45, 7) is 4.36. The van der Waals surface area contributed by atoms with E-state index in [-0.39, 0.29) is 24.4 Å². The quantitative estimate of drug-likeness (QED) is 0.747. The lowest BCUT2D eigenvalue weighted by Crippen LogP contribution is -2.35. The van der Waals surface area contributed by atoms with Gasteiger partial charge >= 0.3 is 0 Å². The molecule has 8 heteroatoms. The van der Waals surface area contributed by atoms with Crippen molar-refractivity contribution in [3.05, 3.63) is 0 Å². The normalized spacial score (nSPS) is 42.0. The number of halogens is 1. The fraction of sp³-hybridized carbons (Fsp3) is 1.00. The van der Waals surface area contributed by atoms with Crippen molar-refractivity contribution < 1.29 is 37.9 Å². The molecular formula is C16H31FO7. The van der Waals surface area contributed by atoms with Crippen LogP contribution >= 0.6 is 0 Å². The maximum atomic E-state index is 13.2. The number of rotatable bonds is 6. The summed E-state index contributed by atoms with van der Waals surface area (Å²) in [6, 6.07) is 0. The lowest BCUT2D eigenvalue weighted by molar-refractivity contribution is -0.0436. The summed E-state index contributed by atoms with van der Waals surface area (Å²) in [5, 5.41) is 9.55. The minimum atomic E-state index is -1.05. The van der Waals surface area contributed by atoms with Crippen molar-refractivity contribution >= 4 is 0 Å². The van der Waals surface area contributed by atoms with E-state index >= 15 is 0 Å². The predicted octanol–water partition coefficient (Wildman–Crippen LogP) is 0.569. The molecule has 0 aromatic rings. The zero-order valence-corrected chi connectivity index (χ0v) is 15.3. The molecule has 0 aliphatic carbocycles. The second kappa shape index (κ2) is 10.6. The van der Waals surface area contributed by atoms with E-state index in [0.29, 0.717) is 13.2 Å². The minimum Gasteiger partial charge on any atom is -0.388 e. The summed E-state index contributed by atoms with van der Waals surface area (Å²) in [5.41, 5.74) is 0. The van der Waals surface area contributed by atoms with Crippen LogP contribution in [0.3, 0.4) is 0 Å². The van der Waals surface area contributed by atoms with Crippen LogP contribution in [0.25, 0.3) is 0 Å². The molecule has 24 heavy (non-hydrogen) atoms. The number of hydrogen-bond acceptors (Lipinski definition) is 7. The highest BCUT2D eigenvalue weighted by atomic mass is 19.1. The molecule has 2 unspecified atom stereocenters. The molecule has 0 aromatic heterocycles. The molecule has 144 valence electrons. The first-order chi connectivity index (χ1) is 11.4. The molecule has 2 fully saturated rings. The van der Waals surface area contributed by atoms with Gasteiger partial charge in [-0.1, -0.05) is 0 Å². The molecule has 2 aliphatic rings. The van der Waals surface area contributed by atoms with Crippen molar-refractivity contribution in [1.82, 2.24) is 0 Å². The molecule has 0 amide bonds. The highest BCUT2D eigenvalue weighted by Gasteiger charge is 2.43. The van der Waals surface area contributed by atoms with Crippen LogP contribution in [0.1, 0.15) is 13.8 Å². The monoisotopic (exact) mass is 354 g/mol. The molecule has 2 aliphatic heterocycles. The summed E-state index contributed by atoms with van der Waals surface area (Å²) in [7, 11) is 6.22. The Kier molecular flexibility index (Phi) is 9.58. The first-order valence-electron chi connectivity index (χ1n) is 8.07. The topological polar surface area (TPSA) is 75.6 Å². The first kappa shape index (κ1) is 21.7. The third-order valence-corrected chi connectivity index (χ3v) is 4.30. The van der Waals surface area contributed by atoms with Gasteiger partial charge in [-0.15, -0.1) is 0 Å². The maximum absolute atomic E-state index is 13.2. The SMILES string of the molecule is COC[C@H]1O[C@@H](C)[C@@H](F)C1OC.COC[C@H]1O[C@@H](C)[C@@H](O)C1OC. The van der Waals surface area contributed by atoms with Crippen LogP contribution < -0.4 is 0 Å². The standard InChI is InChI=1S/C8H15FO3.C8H16O4/c2*1-5-7(9)8(11-3)6(12-5)4-10-2/h5-8H,4H2,1-3H3;5-9H,4H2,1-3H3/t2*5-,6+,7+,8?/m00/s1. The van der Waals surface area contributed by atoms with Gasteiger partial charge in [0.15, 0.2) is 6.17 Å². The van der Waals surface area contributed by atoms with Gasteiger partial charge in [0, 0.05) is 28.4 Å². The third-order valence-electron chi connectivity index (χ3n) is 4.30. The van der Waals surface area contributed by atoms with Crippen LogP contribution in [0.15, 0.2) is 0 Å². The van der Waals surface area contributed by atoms with E-state index in [1.54, 1.807) is 28.3 Å². The first-order valence-corrected chi connectivity index (χ1v) is 8.07. The van der Waals surface area contributed by atoms with Crippen LogP contribution in [0, 0.1) is 0 Å². The zero-order valence-electron chi connectivity index (χ0n) is 15.3. The van der Waals surface area contributed by atoms with Crippen molar-refractivity contribution in [2.45, 2.75) is 62.7 Å². The number of hydrogen-bond donors (Lipinski definition) is 1. The van der Waals surface area contributed by atoms with Crippen LogP contribution in [-0.2, 0) is 28.4 Å². The third kappa shape index (κ3) is 5.32. The molecule has 0 spiro atoms. The molecular weight excluding hydrogens is 323 g/mol. The second-order valence-electron chi connectivity index (χ2n) is 6.01. The van der Waals surface area contributed by atoms with Gasteiger partial charge in [-0.3, -0.25) is 0 Å². The van der Waals surface area contributed by atoms with Crippen molar-refractivity contribution in [2.75, 3.05) is 41.7 Å². The number of ether oxygens (including phenoxy) is 6. The van der Waals surface area contributed by atoms with Crippen LogP contribution in [0.5, 0.6) is 0 Å². The average molecular weight is 354 g/mol. The number of aliphatic hydroxyl groups is 1. The fourth-order valence-corrected chi connectivity index (χ4v) is 2.99. The maximum Gasteiger partial charge on any atom is 0.154 e. The highest BCUT2D eigenvalue weighted by Crippen LogP contribution is 2.26. The fourth-order valence-electron chi connectivity index (χ4n) is 2.99. The van der Waals surface area contributed by atoms with E-state index in [2.05, 4.69) is 0 Å². The Bertz CT molecular complexity index is 314. The van der Waals surface area contributed by atoms with Crippen molar-refractivity contribution in [2.24, 2.45) is 0 Å². The van der Waals surface area contributed by atoms with Gasteiger partial charge in [0.05, 0.1) is 25.4 Å². The van der Waals surface area contributed by atoms with E-state index in [0.717, 1.165) is 0 Å². The number of alkyl halides is 1. The lowest BCUT2D eigenvalue weighted by atomic mass is 10.1. The summed E-state index contributed by atoms with van der Waals surface area (Å²) in [5.74, 6) is 0. The largest absolute Gasteiger partial charge is 0.388 e. The van der Waals surface area contributed by atoms with E-state index in [9.17, 15) is 9.50 Å². The molecule has 2 rings (SSSR count). The van der Waals surface area contributed by atoms with Crippen LogP contribution in [0.4, 0.5) is 4.39 Å². The molecule has 0 saturated carbocycles. The van der Waals surface area contributed by atoms with Gasteiger partial charge in [0.25, 0.3) is 0 Å². The smallest absolute Gasteiger partial charge is 0.154 e. The Balaban J connectivity index is 0.000000240. The number of aliphatic hydroxyl groups excluding tert-OH is 1. The van der Waals surface area contributed by atoms with Gasteiger partial charge in [-0.25, -0.2) is 4.39 Å². The van der Waals surface area contributed by atoms with Gasteiger partial charge in [-0.2, -0.15) is 0 Å². The van der Waals surface area contributed by atoms with Gasteiger partial charge < -0.3 is 33.5 Å². The Morgan fingerprint density at radius 1 is 0.833 bits per heavy atom. The molecule has 8 atom stereocenters. The van der Waals surface area contributed by atoms with Crippen LogP contribution in [-0.4, -0.2) is 95.7 Å². The van der Waals surface area contributed by atoms with Gasteiger partial charge in [-0.05, 0) is 13.8 Å². The summed E-state index contributed by atoms with van der Waals surface area (Å²) >= 11 is 0. The van der Waals surface area contributed by atoms with Crippen molar-refractivity contribution in [1.29, 1.82) is 0 Å². The molecule has 0 aromatic carbocycles. The molecule has 7 nitrogen and oxygen atoms in total. The highest BCUT2D eigenvalue weighted by molar-refractivity contribution is 4.90. The lowest BCUT2D eigenvalue weighted by Gasteiger charge is -2.17. The second-order valence-corrected chi connectivity index (χ2v) is 6.01. The van der Waals surface area contributed by atoms with E-state index in [1.807, 2.05) is 6.92 Å². The Morgan fingerprint density at radius 3 is 1.75 bits per heavy atom. The van der Waals surface area contributed by atoms with Crippen molar-refractivity contribution in [3.8, 4) is 0 Å². The van der Waals surface area contributed by atoms with E-state index in [1.165, 1.54) is 7.11 Å². The summed E-state index contributed by atoms with van der Waals surface area (Å²) in [6.07, 6.45) is -3.33. The van der Waals surface area contributed by atoms with E-state index < -0.39 is 24.5 Å². The van der Waals surface area contributed by atoms with Gasteiger partial charge in [0.1, 0.15) is 30.5 Å². The van der Waals surface area contributed by atoms with Gasteiger partial charge in [0.2, 0.25) is 0 Å². The molecule has 2 heterocycles. The van der Waals surface area contributed by atoms with Crippen LogP contribution in [0.2, 0.25) is 0 Å². The molecule has 0 bridgehead atoms. The molecule has 2 saturated heterocycles. The average Bonchev–Trinajstić information content (AvgIpc) is 2.97. The summed E-state index contributed by atoms with van der Waals surface area (Å²) in [4.78, 5) is 0. The molecule has 0 radical (unpaired) electrons. The number of methoxy groups -OCH3 is 4. The Morgan fingerprint density at radius 2 is 1.29 bits per heavy atom. The Hall–Kier alpha value is -0.350. The van der Waals surface area contributed by atoms with E-state index in [4.69, 9.17) is 28.4 Å². The zero-order chi connectivity index (χ0) is 18.3. The minimum absolute atomic E-state index is 0.148. The summed E-state index contributed by atoms with van der Waals surface area (Å²) < 4.78 is 43.9.